The average molecular weight is 236 g/mol. The van der Waals surface area contributed by atoms with Crippen LogP contribution in [0.25, 0.3) is 0 Å². The first kappa shape index (κ1) is 13.0. The van der Waals surface area contributed by atoms with Gasteiger partial charge >= 0.3 is 5.97 Å². The molecule has 1 unspecified atom stereocenters. The Morgan fingerprint density at radius 3 is 2.38 bits per heavy atom. The van der Waals surface area contributed by atoms with Crippen LogP contribution in [-0.4, -0.2) is 70.0 Å². The van der Waals surface area contributed by atoms with Crippen LogP contribution in [0.4, 0.5) is 0 Å². The zero-order valence-corrected chi connectivity index (χ0v) is 8.09. The highest BCUT2D eigenvalue weighted by molar-refractivity contribution is 6.20. The van der Waals surface area contributed by atoms with Crippen LogP contribution in [0.5, 0.6) is 0 Å². The highest BCUT2D eigenvalue weighted by Gasteiger charge is 2.45. The summed E-state index contributed by atoms with van der Waals surface area (Å²) >= 11 is 0. The van der Waals surface area contributed by atoms with E-state index in [0.29, 0.717) is 0 Å². The summed E-state index contributed by atoms with van der Waals surface area (Å²) in [5, 5.41) is 36.8. The number of aliphatic hydroxyl groups excluding tert-OH is 4. The third-order valence-corrected chi connectivity index (χ3v) is 2.18. The first-order valence-electron chi connectivity index (χ1n) is 4.47. The monoisotopic (exact) mass is 236 g/mol. The molecule has 1 saturated heterocycles. The number of hydrogen-bond donors (Lipinski definition) is 4. The van der Waals surface area contributed by atoms with E-state index in [9.17, 15) is 24.9 Å². The van der Waals surface area contributed by atoms with Crippen LogP contribution in [0.15, 0.2) is 0 Å². The lowest BCUT2D eigenvalue weighted by atomic mass is 9.99. The van der Waals surface area contributed by atoms with Crippen molar-refractivity contribution in [1.29, 1.82) is 0 Å². The normalized spacial score (nSPS) is 39.1. The maximum Gasteiger partial charge on any atom is 0.373 e. The summed E-state index contributed by atoms with van der Waals surface area (Å²) in [5.41, 5.74) is 0. The van der Waals surface area contributed by atoms with Crippen LogP contribution in [0.1, 0.15) is 0 Å². The van der Waals surface area contributed by atoms with Gasteiger partial charge in [0.25, 0.3) is 0 Å². The molecular weight excluding hydrogens is 224 g/mol. The van der Waals surface area contributed by atoms with Crippen LogP contribution in [-0.2, 0) is 19.1 Å². The van der Waals surface area contributed by atoms with Crippen LogP contribution in [0.3, 0.4) is 0 Å². The van der Waals surface area contributed by atoms with Crippen LogP contribution in [0.2, 0.25) is 0 Å². The van der Waals surface area contributed by atoms with Gasteiger partial charge in [-0.3, -0.25) is 4.79 Å². The van der Waals surface area contributed by atoms with E-state index >= 15 is 0 Å². The summed E-state index contributed by atoms with van der Waals surface area (Å²) in [6.07, 6.45) is -7.79. The van der Waals surface area contributed by atoms with Crippen molar-refractivity contribution < 1.29 is 39.5 Å². The van der Waals surface area contributed by atoms with Crippen molar-refractivity contribution in [2.75, 3.05) is 6.61 Å². The molecule has 1 heterocycles. The SMILES string of the molecule is O=CC(=O)OC1O[C@H](CO)[C@@H](O)[C@H](O)[C@H]1O. The Balaban J connectivity index is 2.70. The van der Waals surface area contributed by atoms with E-state index in [1.165, 1.54) is 0 Å². The first-order chi connectivity index (χ1) is 7.51. The molecule has 16 heavy (non-hydrogen) atoms. The van der Waals surface area contributed by atoms with Crippen molar-refractivity contribution in [1.82, 2.24) is 0 Å². The molecular formula is C8H12O8. The molecule has 0 bridgehead atoms. The summed E-state index contributed by atoms with van der Waals surface area (Å²) in [5.74, 6) is -1.29. The molecule has 1 rings (SSSR count). The summed E-state index contributed by atoms with van der Waals surface area (Å²) < 4.78 is 9.13. The Labute approximate surface area is 90.0 Å². The number of esters is 1. The van der Waals surface area contributed by atoms with Gasteiger partial charge in [0.05, 0.1) is 6.61 Å². The van der Waals surface area contributed by atoms with E-state index in [-0.39, 0.29) is 6.29 Å². The quantitative estimate of drug-likeness (QED) is 0.225. The van der Waals surface area contributed by atoms with Gasteiger partial charge in [0.2, 0.25) is 12.6 Å². The van der Waals surface area contributed by atoms with E-state index in [0.717, 1.165) is 0 Å². The summed E-state index contributed by atoms with van der Waals surface area (Å²) in [4.78, 5) is 20.6. The topological polar surface area (TPSA) is 134 Å². The number of rotatable bonds is 3. The molecule has 1 fully saturated rings. The molecule has 1 aliphatic heterocycles. The van der Waals surface area contributed by atoms with Gasteiger partial charge in [0.15, 0.2) is 0 Å². The number of aliphatic hydroxyl groups is 4. The molecule has 5 atom stereocenters. The van der Waals surface area contributed by atoms with Crippen molar-refractivity contribution in [3.63, 3.8) is 0 Å². The molecule has 8 heteroatoms. The molecule has 0 aliphatic carbocycles. The molecule has 0 radical (unpaired) electrons. The van der Waals surface area contributed by atoms with Gasteiger partial charge in [-0.1, -0.05) is 0 Å². The molecule has 92 valence electrons. The third-order valence-electron chi connectivity index (χ3n) is 2.18. The fraction of sp³-hybridized carbons (Fsp3) is 0.750. The van der Waals surface area contributed by atoms with Gasteiger partial charge < -0.3 is 29.9 Å². The Bertz CT molecular complexity index is 265. The summed E-state index contributed by atoms with van der Waals surface area (Å²) in [6, 6.07) is 0. The Hall–Kier alpha value is -1.06. The average Bonchev–Trinajstić information content (AvgIpc) is 2.29. The number of ether oxygens (including phenoxy) is 2. The molecule has 0 aromatic heterocycles. The third kappa shape index (κ3) is 2.54. The molecule has 0 amide bonds. The summed E-state index contributed by atoms with van der Waals surface area (Å²) in [6.45, 7) is -0.639. The second kappa shape index (κ2) is 5.32. The van der Waals surface area contributed by atoms with Gasteiger partial charge in [0.1, 0.15) is 24.4 Å². The fourth-order valence-corrected chi connectivity index (χ4v) is 1.31. The number of aldehydes is 1. The van der Waals surface area contributed by atoms with E-state index in [4.69, 9.17) is 9.84 Å². The number of carbonyl (C=O) groups excluding carboxylic acids is 2. The molecule has 0 aromatic rings. The van der Waals surface area contributed by atoms with Crippen molar-refractivity contribution in [3.8, 4) is 0 Å². The predicted octanol–water partition coefficient (Wildman–Crippen LogP) is -3.47. The lowest BCUT2D eigenvalue weighted by Gasteiger charge is -2.38. The van der Waals surface area contributed by atoms with E-state index in [2.05, 4.69) is 4.74 Å². The zero-order chi connectivity index (χ0) is 12.3. The van der Waals surface area contributed by atoms with E-state index < -0.39 is 43.3 Å². The van der Waals surface area contributed by atoms with Gasteiger partial charge in [-0.25, -0.2) is 4.79 Å². The van der Waals surface area contributed by atoms with E-state index in [1.807, 2.05) is 0 Å². The molecule has 0 aromatic carbocycles. The lowest BCUT2D eigenvalue weighted by Crippen LogP contribution is -2.59. The number of hydrogen-bond acceptors (Lipinski definition) is 8. The van der Waals surface area contributed by atoms with Crippen molar-refractivity contribution in [2.45, 2.75) is 30.7 Å². The van der Waals surface area contributed by atoms with E-state index in [1.54, 1.807) is 0 Å². The smallest absolute Gasteiger partial charge is 0.373 e. The fourth-order valence-electron chi connectivity index (χ4n) is 1.31. The van der Waals surface area contributed by atoms with Crippen molar-refractivity contribution in [2.24, 2.45) is 0 Å². The molecule has 0 saturated carbocycles. The minimum Gasteiger partial charge on any atom is -0.427 e. The van der Waals surface area contributed by atoms with Gasteiger partial charge in [-0.05, 0) is 0 Å². The lowest BCUT2D eigenvalue weighted by molar-refractivity contribution is -0.291. The van der Waals surface area contributed by atoms with Crippen LogP contribution < -0.4 is 0 Å². The largest absolute Gasteiger partial charge is 0.427 e. The highest BCUT2D eigenvalue weighted by atomic mass is 16.7. The molecule has 8 nitrogen and oxygen atoms in total. The van der Waals surface area contributed by atoms with Crippen molar-refractivity contribution >= 4 is 12.3 Å². The van der Waals surface area contributed by atoms with Crippen molar-refractivity contribution in [3.05, 3.63) is 0 Å². The first-order valence-corrected chi connectivity index (χ1v) is 4.47. The van der Waals surface area contributed by atoms with Crippen LogP contribution >= 0.6 is 0 Å². The van der Waals surface area contributed by atoms with Gasteiger partial charge in [-0.2, -0.15) is 0 Å². The number of carbonyl (C=O) groups is 2. The standard InChI is InChI=1S/C8H12O8/c9-1-3-5(12)6(13)7(14)8(15-3)16-4(11)2-10/h2-3,5-9,12-14H,1H2/t3-,5-,6+,7-,8?/m1/s1. The van der Waals surface area contributed by atoms with Crippen LogP contribution in [0, 0.1) is 0 Å². The molecule has 4 N–H and O–H groups in total. The predicted molar refractivity (Wildman–Crippen MR) is 45.9 cm³/mol. The second-order valence-electron chi connectivity index (χ2n) is 3.25. The summed E-state index contributed by atoms with van der Waals surface area (Å²) in [7, 11) is 0. The minimum absolute atomic E-state index is 0.137. The Kier molecular flexibility index (Phi) is 4.33. The molecule has 0 spiro atoms. The maximum atomic E-state index is 10.6. The van der Waals surface area contributed by atoms with Gasteiger partial charge in [-0.15, -0.1) is 0 Å². The Morgan fingerprint density at radius 2 is 1.88 bits per heavy atom. The minimum atomic E-state index is -1.69. The maximum absolute atomic E-state index is 10.6. The second-order valence-corrected chi connectivity index (χ2v) is 3.25. The highest BCUT2D eigenvalue weighted by Crippen LogP contribution is 2.21. The Morgan fingerprint density at radius 1 is 1.25 bits per heavy atom. The zero-order valence-electron chi connectivity index (χ0n) is 8.09. The molecule has 1 aliphatic rings. The van der Waals surface area contributed by atoms with Gasteiger partial charge in [0, 0.05) is 0 Å².